The number of rotatable bonds is 4. The molecule has 2 heterocycles. The molecule has 2 N–H and O–H groups in total. The van der Waals surface area contributed by atoms with E-state index < -0.39 is 0 Å². The number of nitrogens with two attached hydrogens (primary N) is 1. The first-order valence-electron chi connectivity index (χ1n) is 6.83. The summed E-state index contributed by atoms with van der Waals surface area (Å²) >= 11 is 0. The molecule has 5 nitrogen and oxygen atoms in total. The third kappa shape index (κ3) is 3.70. The average molecular weight is 254 g/mol. The second kappa shape index (κ2) is 6.18. The van der Waals surface area contributed by atoms with Gasteiger partial charge in [0.15, 0.2) is 0 Å². The smallest absolute Gasteiger partial charge is 0.225 e. The fourth-order valence-corrected chi connectivity index (χ4v) is 2.80. The maximum absolute atomic E-state index is 12.0. The van der Waals surface area contributed by atoms with Gasteiger partial charge in [-0.15, -0.1) is 0 Å². The molecule has 0 radical (unpaired) electrons. The topological polar surface area (TPSA) is 72.6 Å². The summed E-state index contributed by atoms with van der Waals surface area (Å²) in [5.41, 5.74) is 5.19. The van der Waals surface area contributed by atoms with Crippen LogP contribution in [0.2, 0.25) is 0 Å². The molecule has 0 saturated carbocycles. The van der Waals surface area contributed by atoms with Gasteiger partial charge in [-0.1, -0.05) is 0 Å². The molecule has 2 aliphatic heterocycles. The molecule has 0 spiro atoms. The van der Waals surface area contributed by atoms with Crippen molar-refractivity contribution in [2.24, 2.45) is 11.7 Å². The first-order chi connectivity index (χ1) is 8.65. The second-order valence-corrected chi connectivity index (χ2v) is 5.33. The SMILES string of the molecule is NC(=O)CC1CCN(C(=O)CC2CCCO2)CC1. The number of primary amides is 1. The highest BCUT2D eigenvalue weighted by Crippen LogP contribution is 2.22. The summed E-state index contributed by atoms with van der Waals surface area (Å²) in [6, 6.07) is 0. The zero-order valence-corrected chi connectivity index (χ0v) is 10.8. The summed E-state index contributed by atoms with van der Waals surface area (Å²) in [7, 11) is 0. The average Bonchev–Trinajstić information content (AvgIpc) is 2.82. The van der Waals surface area contributed by atoms with Crippen molar-refractivity contribution >= 4 is 11.8 Å². The normalized spacial score (nSPS) is 25.3. The molecule has 18 heavy (non-hydrogen) atoms. The molecule has 0 aliphatic carbocycles. The number of carbonyl (C=O) groups is 2. The molecule has 5 heteroatoms. The zero-order valence-electron chi connectivity index (χ0n) is 10.8. The van der Waals surface area contributed by atoms with Gasteiger partial charge >= 0.3 is 0 Å². The molecule has 102 valence electrons. The standard InChI is InChI=1S/C13H22N2O3/c14-12(16)8-10-3-5-15(6-4-10)13(17)9-11-2-1-7-18-11/h10-11H,1-9H2,(H2,14,16). The number of ether oxygens (including phenoxy) is 1. The quantitative estimate of drug-likeness (QED) is 0.801. The monoisotopic (exact) mass is 254 g/mol. The van der Waals surface area contributed by atoms with Crippen molar-refractivity contribution in [3.8, 4) is 0 Å². The fraction of sp³-hybridized carbons (Fsp3) is 0.846. The molecule has 1 unspecified atom stereocenters. The molecular weight excluding hydrogens is 232 g/mol. The molecule has 2 aliphatic rings. The Morgan fingerprint density at radius 2 is 1.89 bits per heavy atom. The summed E-state index contributed by atoms with van der Waals surface area (Å²) < 4.78 is 5.48. The first kappa shape index (κ1) is 13.3. The Hall–Kier alpha value is -1.10. The minimum atomic E-state index is -0.237. The van der Waals surface area contributed by atoms with E-state index in [2.05, 4.69) is 0 Å². The Bertz CT molecular complexity index is 305. The molecule has 0 aromatic rings. The minimum absolute atomic E-state index is 0.126. The number of hydrogen-bond acceptors (Lipinski definition) is 3. The van der Waals surface area contributed by atoms with Crippen LogP contribution in [0.25, 0.3) is 0 Å². The van der Waals surface area contributed by atoms with Gasteiger partial charge in [-0.25, -0.2) is 0 Å². The van der Waals surface area contributed by atoms with Gasteiger partial charge in [0.05, 0.1) is 12.5 Å². The van der Waals surface area contributed by atoms with Crippen LogP contribution >= 0.6 is 0 Å². The number of carbonyl (C=O) groups excluding carboxylic acids is 2. The van der Waals surface area contributed by atoms with Crippen LogP contribution in [0.5, 0.6) is 0 Å². The molecule has 0 aromatic carbocycles. The van der Waals surface area contributed by atoms with Crippen LogP contribution in [0.4, 0.5) is 0 Å². The van der Waals surface area contributed by atoms with Gasteiger partial charge in [-0.05, 0) is 31.6 Å². The van der Waals surface area contributed by atoms with Crippen molar-refractivity contribution in [1.82, 2.24) is 4.90 Å². The van der Waals surface area contributed by atoms with E-state index in [9.17, 15) is 9.59 Å². The Morgan fingerprint density at radius 1 is 1.17 bits per heavy atom. The molecular formula is C13H22N2O3. The maximum Gasteiger partial charge on any atom is 0.225 e. The van der Waals surface area contributed by atoms with Crippen LogP contribution in [0.3, 0.4) is 0 Å². The predicted octanol–water partition coefficient (Wildman–Crippen LogP) is 0.669. The van der Waals surface area contributed by atoms with E-state index in [1.807, 2.05) is 4.90 Å². The lowest BCUT2D eigenvalue weighted by Crippen LogP contribution is -2.40. The van der Waals surface area contributed by atoms with Crippen molar-refractivity contribution in [3.05, 3.63) is 0 Å². The lowest BCUT2D eigenvalue weighted by atomic mass is 9.93. The molecule has 1 atom stereocenters. The Kier molecular flexibility index (Phi) is 4.58. The number of likely N-dealkylation sites (tertiary alicyclic amines) is 1. The molecule has 0 aromatic heterocycles. The van der Waals surface area contributed by atoms with Gasteiger partial charge in [0.1, 0.15) is 0 Å². The van der Waals surface area contributed by atoms with Crippen LogP contribution in [0.15, 0.2) is 0 Å². The van der Waals surface area contributed by atoms with E-state index in [4.69, 9.17) is 10.5 Å². The summed E-state index contributed by atoms with van der Waals surface area (Å²) in [6.45, 7) is 2.30. The van der Waals surface area contributed by atoms with Gasteiger partial charge in [-0.3, -0.25) is 9.59 Å². The van der Waals surface area contributed by atoms with E-state index in [1.54, 1.807) is 0 Å². The number of hydrogen-bond donors (Lipinski definition) is 1. The van der Waals surface area contributed by atoms with Gasteiger partial charge in [0.25, 0.3) is 0 Å². The molecule has 2 saturated heterocycles. The van der Waals surface area contributed by atoms with E-state index in [-0.39, 0.29) is 17.9 Å². The molecule has 2 fully saturated rings. The third-order valence-corrected chi connectivity index (χ3v) is 3.88. The van der Waals surface area contributed by atoms with Gasteiger partial charge in [0.2, 0.25) is 11.8 Å². The number of piperidine rings is 1. The summed E-state index contributed by atoms with van der Waals surface area (Å²) in [6.07, 6.45) is 4.94. The third-order valence-electron chi connectivity index (χ3n) is 3.88. The molecule has 2 amide bonds. The van der Waals surface area contributed by atoms with E-state index in [1.165, 1.54) is 0 Å². The first-order valence-corrected chi connectivity index (χ1v) is 6.83. The van der Waals surface area contributed by atoms with Crippen molar-refractivity contribution in [3.63, 3.8) is 0 Å². The summed E-state index contributed by atoms with van der Waals surface area (Å²) in [4.78, 5) is 24.8. The second-order valence-electron chi connectivity index (χ2n) is 5.33. The lowest BCUT2D eigenvalue weighted by Gasteiger charge is -2.32. The van der Waals surface area contributed by atoms with Crippen LogP contribution in [-0.4, -0.2) is 42.5 Å². The highest BCUT2D eigenvalue weighted by atomic mass is 16.5. The Labute approximate surface area is 108 Å². The number of nitrogens with zero attached hydrogens (tertiary/aromatic N) is 1. The van der Waals surface area contributed by atoms with Crippen LogP contribution < -0.4 is 5.73 Å². The van der Waals surface area contributed by atoms with Crippen molar-refractivity contribution in [2.75, 3.05) is 19.7 Å². The molecule has 2 rings (SSSR count). The van der Waals surface area contributed by atoms with E-state index >= 15 is 0 Å². The van der Waals surface area contributed by atoms with E-state index in [0.717, 1.165) is 45.4 Å². The van der Waals surface area contributed by atoms with E-state index in [0.29, 0.717) is 18.8 Å². The zero-order chi connectivity index (χ0) is 13.0. The maximum atomic E-state index is 12.0. The van der Waals surface area contributed by atoms with Crippen molar-refractivity contribution < 1.29 is 14.3 Å². The van der Waals surface area contributed by atoms with Crippen molar-refractivity contribution in [2.45, 2.75) is 44.6 Å². The largest absolute Gasteiger partial charge is 0.378 e. The van der Waals surface area contributed by atoms with Crippen molar-refractivity contribution in [1.29, 1.82) is 0 Å². The lowest BCUT2D eigenvalue weighted by molar-refractivity contribution is -0.134. The van der Waals surface area contributed by atoms with Gasteiger partial charge in [0, 0.05) is 26.1 Å². The van der Waals surface area contributed by atoms with Crippen LogP contribution in [0.1, 0.15) is 38.5 Å². The number of amides is 2. The fourth-order valence-electron chi connectivity index (χ4n) is 2.80. The Balaban J connectivity index is 1.71. The highest BCUT2D eigenvalue weighted by molar-refractivity contribution is 5.77. The highest BCUT2D eigenvalue weighted by Gasteiger charge is 2.26. The Morgan fingerprint density at radius 3 is 2.44 bits per heavy atom. The summed E-state index contributed by atoms with van der Waals surface area (Å²) in [5.74, 6) is 0.313. The van der Waals surface area contributed by atoms with Gasteiger partial charge < -0.3 is 15.4 Å². The van der Waals surface area contributed by atoms with Crippen LogP contribution in [-0.2, 0) is 14.3 Å². The van der Waals surface area contributed by atoms with Gasteiger partial charge in [-0.2, -0.15) is 0 Å². The molecule has 0 bridgehead atoms. The van der Waals surface area contributed by atoms with Crippen LogP contribution in [0, 0.1) is 5.92 Å². The summed E-state index contributed by atoms with van der Waals surface area (Å²) in [5, 5.41) is 0. The minimum Gasteiger partial charge on any atom is -0.378 e. The predicted molar refractivity (Wildman–Crippen MR) is 66.7 cm³/mol.